The van der Waals surface area contributed by atoms with Gasteiger partial charge in [-0.2, -0.15) is 0 Å². The quantitative estimate of drug-likeness (QED) is 0.283. The number of aromatic nitrogens is 1. The van der Waals surface area contributed by atoms with Gasteiger partial charge < -0.3 is 15.6 Å². The lowest BCUT2D eigenvalue weighted by Gasteiger charge is -2.20. The van der Waals surface area contributed by atoms with Gasteiger partial charge in [-0.1, -0.05) is 23.4 Å². The van der Waals surface area contributed by atoms with Crippen molar-refractivity contribution in [1.82, 2.24) is 10.3 Å². The number of aliphatic hydroxyl groups is 1. The fourth-order valence-electron chi connectivity index (χ4n) is 3.46. The van der Waals surface area contributed by atoms with Gasteiger partial charge in [-0.25, -0.2) is 8.78 Å². The number of oxime groups is 1. The Labute approximate surface area is 184 Å². The molecule has 8 heteroatoms. The van der Waals surface area contributed by atoms with Crippen LogP contribution in [-0.4, -0.2) is 40.1 Å². The summed E-state index contributed by atoms with van der Waals surface area (Å²) in [6.07, 6.45) is 1.71. The predicted molar refractivity (Wildman–Crippen MR) is 116 cm³/mol. The highest BCUT2D eigenvalue weighted by Crippen LogP contribution is 2.32. The van der Waals surface area contributed by atoms with Crippen molar-refractivity contribution in [3.8, 4) is 0 Å². The number of nitrogens with zero attached hydrogens (tertiary/aromatic N) is 2. The normalized spacial score (nSPS) is 12.4. The van der Waals surface area contributed by atoms with Gasteiger partial charge in [0.15, 0.2) is 0 Å². The molecule has 6 nitrogen and oxygen atoms in total. The molecule has 0 saturated heterocycles. The first-order chi connectivity index (χ1) is 15.4. The molecule has 166 valence electrons. The minimum absolute atomic E-state index is 0.124. The monoisotopic (exact) mass is 439 g/mol. The van der Waals surface area contributed by atoms with Crippen LogP contribution in [0.15, 0.2) is 65.9 Å². The van der Waals surface area contributed by atoms with Gasteiger partial charge in [-0.05, 0) is 48.4 Å². The van der Waals surface area contributed by atoms with Gasteiger partial charge in [0.1, 0.15) is 11.6 Å². The van der Waals surface area contributed by atoms with E-state index in [9.17, 15) is 18.8 Å². The summed E-state index contributed by atoms with van der Waals surface area (Å²) < 4.78 is 28.2. The number of nitrogens with one attached hydrogen (secondary N) is 1. The summed E-state index contributed by atoms with van der Waals surface area (Å²) in [7, 11) is 0. The zero-order chi connectivity index (χ0) is 23.1. The minimum Gasteiger partial charge on any atom is -0.411 e. The molecule has 0 saturated carbocycles. The van der Waals surface area contributed by atoms with E-state index < -0.39 is 17.6 Å². The number of hydrogen-bond acceptors (Lipinski definition) is 5. The number of carbonyl (C=O) groups excluding carboxylic acids is 1. The van der Waals surface area contributed by atoms with Gasteiger partial charge in [0.05, 0.1) is 12.3 Å². The van der Waals surface area contributed by atoms with E-state index in [0.717, 1.165) is 11.8 Å². The van der Waals surface area contributed by atoms with Crippen molar-refractivity contribution in [1.29, 1.82) is 0 Å². The van der Waals surface area contributed by atoms with Crippen molar-refractivity contribution in [2.24, 2.45) is 5.16 Å². The Balaban J connectivity index is 1.98. The van der Waals surface area contributed by atoms with E-state index in [1.807, 2.05) is 0 Å². The van der Waals surface area contributed by atoms with Crippen molar-refractivity contribution >= 4 is 11.6 Å². The standard InChI is InChI=1S/C24H23F2N3O3/c1-15-12-18(8-9-27-15)23(29-32)14-21(20-7-6-19(25)13-22(20)26)16-2-4-17(5-3-16)24(31)28-10-11-30/h2-9,12-13,21,30,32H,10-11,14H2,1H3,(H,28,31). The van der Waals surface area contributed by atoms with Gasteiger partial charge in [-0.15, -0.1) is 0 Å². The van der Waals surface area contributed by atoms with Gasteiger partial charge in [-0.3, -0.25) is 9.78 Å². The molecule has 0 aliphatic heterocycles. The maximum absolute atomic E-state index is 14.7. The van der Waals surface area contributed by atoms with Gasteiger partial charge in [0, 0.05) is 48.0 Å². The first kappa shape index (κ1) is 23.0. The molecule has 0 bridgehead atoms. The maximum Gasteiger partial charge on any atom is 0.251 e. The first-order valence-electron chi connectivity index (χ1n) is 10.0. The number of aliphatic hydroxyl groups excluding tert-OH is 1. The van der Waals surface area contributed by atoms with Crippen molar-refractivity contribution in [3.05, 3.63) is 100 Å². The molecular weight excluding hydrogens is 416 g/mol. The molecule has 1 aromatic heterocycles. The maximum atomic E-state index is 14.7. The Morgan fingerprint density at radius 2 is 1.84 bits per heavy atom. The third kappa shape index (κ3) is 5.53. The van der Waals surface area contributed by atoms with Crippen molar-refractivity contribution < 1.29 is 23.9 Å². The van der Waals surface area contributed by atoms with E-state index in [-0.39, 0.29) is 31.0 Å². The van der Waals surface area contributed by atoms with Crippen LogP contribution in [0.3, 0.4) is 0 Å². The van der Waals surface area contributed by atoms with E-state index in [1.165, 1.54) is 12.1 Å². The molecule has 0 spiro atoms. The Morgan fingerprint density at radius 1 is 1.09 bits per heavy atom. The molecule has 3 aromatic rings. The SMILES string of the molecule is Cc1cc(C(CC(c2ccc(C(=O)NCCO)cc2)c2ccc(F)cc2F)=NO)ccn1. The Bertz CT molecular complexity index is 1120. The summed E-state index contributed by atoms with van der Waals surface area (Å²) in [5.74, 6) is -2.37. The molecule has 3 rings (SSSR count). The van der Waals surface area contributed by atoms with Gasteiger partial charge >= 0.3 is 0 Å². The van der Waals surface area contributed by atoms with Crippen LogP contribution in [-0.2, 0) is 0 Å². The molecule has 0 aliphatic rings. The highest BCUT2D eigenvalue weighted by atomic mass is 19.1. The lowest BCUT2D eigenvalue weighted by atomic mass is 9.85. The second-order valence-electron chi connectivity index (χ2n) is 7.26. The van der Waals surface area contributed by atoms with E-state index in [0.29, 0.717) is 22.4 Å². The fourth-order valence-corrected chi connectivity index (χ4v) is 3.46. The Kier molecular flexibility index (Phi) is 7.62. The number of halogens is 2. The Hall–Kier alpha value is -3.65. The first-order valence-corrected chi connectivity index (χ1v) is 10.0. The number of carbonyl (C=O) groups is 1. The number of rotatable bonds is 8. The van der Waals surface area contributed by atoms with Crippen molar-refractivity contribution in [2.45, 2.75) is 19.3 Å². The summed E-state index contributed by atoms with van der Waals surface area (Å²) in [4.78, 5) is 16.2. The summed E-state index contributed by atoms with van der Waals surface area (Å²) in [5, 5.41) is 24.5. The molecule has 1 atom stereocenters. The molecule has 1 amide bonds. The van der Waals surface area contributed by atoms with Crippen LogP contribution in [0.5, 0.6) is 0 Å². The Morgan fingerprint density at radius 3 is 2.47 bits per heavy atom. The van der Waals surface area contributed by atoms with Gasteiger partial charge in [0.2, 0.25) is 0 Å². The molecule has 1 heterocycles. The van der Waals surface area contributed by atoms with Crippen LogP contribution in [0.1, 0.15) is 45.1 Å². The third-order valence-corrected chi connectivity index (χ3v) is 5.06. The molecule has 0 fully saturated rings. The molecule has 32 heavy (non-hydrogen) atoms. The molecule has 0 aliphatic carbocycles. The van der Waals surface area contributed by atoms with Crippen LogP contribution in [0.25, 0.3) is 0 Å². The van der Waals surface area contributed by atoms with Crippen LogP contribution in [0.4, 0.5) is 8.78 Å². The number of hydrogen-bond donors (Lipinski definition) is 3. The lowest BCUT2D eigenvalue weighted by molar-refractivity contribution is 0.0944. The predicted octanol–water partition coefficient (Wildman–Crippen LogP) is 3.79. The highest BCUT2D eigenvalue weighted by Gasteiger charge is 2.22. The third-order valence-electron chi connectivity index (χ3n) is 5.06. The van der Waals surface area contributed by atoms with E-state index in [4.69, 9.17) is 5.11 Å². The topological polar surface area (TPSA) is 94.8 Å². The average molecular weight is 439 g/mol. The van der Waals surface area contributed by atoms with Crippen molar-refractivity contribution in [2.75, 3.05) is 13.2 Å². The molecular formula is C24H23F2N3O3. The van der Waals surface area contributed by atoms with Gasteiger partial charge in [0.25, 0.3) is 5.91 Å². The zero-order valence-corrected chi connectivity index (χ0v) is 17.4. The van der Waals surface area contributed by atoms with Crippen LogP contribution >= 0.6 is 0 Å². The molecule has 3 N–H and O–H groups in total. The second-order valence-corrected chi connectivity index (χ2v) is 7.26. The summed E-state index contributed by atoms with van der Waals surface area (Å²) >= 11 is 0. The summed E-state index contributed by atoms with van der Waals surface area (Å²) in [6.45, 7) is 1.76. The average Bonchev–Trinajstić information content (AvgIpc) is 2.79. The minimum atomic E-state index is -0.719. The summed E-state index contributed by atoms with van der Waals surface area (Å²) in [6, 6.07) is 13.3. The number of pyridine rings is 1. The van der Waals surface area contributed by atoms with Crippen molar-refractivity contribution in [3.63, 3.8) is 0 Å². The van der Waals surface area contributed by atoms with E-state index in [2.05, 4.69) is 15.5 Å². The lowest BCUT2D eigenvalue weighted by Crippen LogP contribution is -2.26. The molecule has 0 radical (unpaired) electrons. The van der Waals surface area contributed by atoms with Crippen LogP contribution in [0.2, 0.25) is 0 Å². The number of aryl methyl sites for hydroxylation is 1. The van der Waals surface area contributed by atoms with Crippen LogP contribution in [0, 0.1) is 18.6 Å². The largest absolute Gasteiger partial charge is 0.411 e. The zero-order valence-electron chi connectivity index (χ0n) is 17.4. The summed E-state index contributed by atoms with van der Waals surface area (Å²) in [5.41, 5.74) is 2.94. The smallest absolute Gasteiger partial charge is 0.251 e. The number of amides is 1. The van der Waals surface area contributed by atoms with E-state index >= 15 is 0 Å². The van der Waals surface area contributed by atoms with E-state index in [1.54, 1.807) is 49.5 Å². The molecule has 2 aromatic carbocycles. The second kappa shape index (κ2) is 10.6. The molecule has 1 unspecified atom stereocenters. The highest BCUT2D eigenvalue weighted by molar-refractivity contribution is 6.01. The fraction of sp³-hybridized carbons (Fsp3) is 0.208. The van der Waals surface area contributed by atoms with Crippen LogP contribution < -0.4 is 5.32 Å². The number of benzene rings is 2.